The average molecular weight is 313 g/mol. The molecule has 0 bridgehead atoms. The fourth-order valence-electron chi connectivity index (χ4n) is 2.05. The number of rotatable bonds is 5. The summed E-state index contributed by atoms with van der Waals surface area (Å²) in [5, 5.41) is 9.28. The zero-order valence-corrected chi connectivity index (χ0v) is 12.9. The lowest BCUT2D eigenvalue weighted by Gasteiger charge is -2.04. The Bertz CT molecular complexity index is 752. The van der Waals surface area contributed by atoms with Crippen LogP contribution in [-0.4, -0.2) is 25.7 Å². The summed E-state index contributed by atoms with van der Waals surface area (Å²) in [7, 11) is 1.85. The lowest BCUT2D eigenvalue weighted by Crippen LogP contribution is -2.25. The topological polar surface area (TPSA) is 72.7 Å². The van der Waals surface area contributed by atoms with Crippen LogP contribution in [0.25, 0.3) is 11.4 Å². The van der Waals surface area contributed by atoms with Crippen molar-refractivity contribution in [3.63, 3.8) is 0 Å². The number of aromatic nitrogens is 4. The molecule has 0 spiro atoms. The van der Waals surface area contributed by atoms with Gasteiger partial charge in [0.25, 0.3) is 0 Å². The largest absolute Gasteiger partial charge is 0.350 e. The van der Waals surface area contributed by atoms with E-state index in [1.165, 1.54) is 0 Å². The highest BCUT2D eigenvalue weighted by molar-refractivity contribution is 7.10. The van der Waals surface area contributed by atoms with Gasteiger partial charge >= 0.3 is 0 Å². The van der Waals surface area contributed by atoms with Crippen molar-refractivity contribution in [3.8, 4) is 11.4 Å². The molecule has 0 fully saturated rings. The number of nitrogens with zero attached hydrogens (tertiary/aromatic N) is 4. The van der Waals surface area contributed by atoms with Crippen LogP contribution in [0, 0.1) is 0 Å². The van der Waals surface area contributed by atoms with E-state index in [9.17, 15) is 4.79 Å². The number of nitrogens with one attached hydrogen (secondary N) is 1. The van der Waals surface area contributed by atoms with Crippen molar-refractivity contribution in [3.05, 3.63) is 52.7 Å². The van der Waals surface area contributed by atoms with Crippen LogP contribution >= 0.6 is 11.3 Å². The molecule has 3 heterocycles. The van der Waals surface area contributed by atoms with Gasteiger partial charge in [-0.2, -0.15) is 5.10 Å². The highest BCUT2D eigenvalue weighted by Gasteiger charge is 2.10. The van der Waals surface area contributed by atoms with Gasteiger partial charge in [-0.15, -0.1) is 11.3 Å². The maximum absolute atomic E-state index is 11.9. The molecule has 6 nitrogen and oxygen atoms in total. The molecule has 3 rings (SSSR count). The predicted molar refractivity (Wildman–Crippen MR) is 84.1 cm³/mol. The standard InChI is InChI=1S/C15H15N5OS/c1-20-11(7-13(19-20)14-10-16-4-5-17-14)9-18-15(21)8-12-3-2-6-22-12/h2-7,10H,8-9H2,1H3,(H,18,21). The third kappa shape index (κ3) is 3.37. The van der Waals surface area contributed by atoms with E-state index in [2.05, 4.69) is 20.4 Å². The first-order valence-electron chi connectivity index (χ1n) is 6.81. The van der Waals surface area contributed by atoms with E-state index in [0.29, 0.717) is 18.7 Å². The van der Waals surface area contributed by atoms with Crippen LogP contribution in [0.1, 0.15) is 10.6 Å². The Morgan fingerprint density at radius 1 is 1.36 bits per heavy atom. The molecule has 112 valence electrons. The van der Waals surface area contributed by atoms with Crippen LogP contribution in [0.3, 0.4) is 0 Å². The molecule has 1 N–H and O–H groups in total. The quantitative estimate of drug-likeness (QED) is 0.779. The molecule has 7 heteroatoms. The van der Waals surface area contributed by atoms with Gasteiger partial charge in [-0.1, -0.05) is 6.07 Å². The normalized spacial score (nSPS) is 10.6. The molecule has 0 saturated heterocycles. The number of amides is 1. The predicted octanol–water partition coefficient (Wildman–Crippen LogP) is 1.80. The molecule has 0 aliphatic carbocycles. The fraction of sp³-hybridized carbons (Fsp3) is 0.200. The lowest BCUT2D eigenvalue weighted by molar-refractivity contribution is -0.120. The zero-order valence-electron chi connectivity index (χ0n) is 12.1. The van der Waals surface area contributed by atoms with Crippen molar-refractivity contribution in [2.24, 2.45) is 7.05 Å². The second-order valence-corrected chi connectivity index (χ2v) is 5.80. The number of thiophene rings is 1. The molecular weight excluding hydrogens is 298 g/mol. The number of carbonyl (C=O) groups is 1. The summed E-state index contributed by atoms with van der Waals surface area (Å²) in [5.41, 5.74) is 2.38. The van der Waals surface area contributed by atoms with Gasteiger partial charge in [0.1, 0.15) is 11.4 Å². The molecule has 0 unspecified atom stereocenters. The average Bonchev–Trinajstić information content (AvgIpc) is 3.16. The van der Waals surface area contributed by atoms with Crippen LogP contribution < -0.4 is 5.32 Å². The van der Waals surface area contributed by atoms with Crippen LogP contribution in [0.15, 0.2) is 42.2 Å². The van der Waals surface area contributed by atoms with Crippen LogP contribution in [-0.2, 0) is 24.8 Å². The first kappa shape index (κ1) is 14.4. The minimum atomic E-state index is 0.00435. The third-order valence-corrected chi connectivity index (χ3v) is 4.06. The summed E-state index contributed by atoms with van der Waals surface area (Å²) in [6.07, 6.45) is 5.33. The molecule has 0 aliphatic rings. The Morgan fingerprint density at radius 3 is 3.00 bits per heavy atom. The first-order valence-corrected chi connectivity index (χ1v) is 7.69. The number of hydrogen-bond acceptors (Lipinski definition) is 5. The SMILES string of the molecule is Cn1nc(-c2cnccn2)cc1CNC(=O)Cc1cccs1. The molecule has 22 heavy (non-hydrogen) atoms. The van der Waals surface area contributed by atoms with E-state index < -0.39 is 0 Å². The maximum atomic E-state index is 11.9. The summed E-state index contributed by atoms with van der Waals surface area (Å²) >= 11 is 1.58. The Labute approximate surface area is 131 Å². The second-order valence-electron chi connectivity index (χ2n) is 4.77. The molecule has 3 aromatic heterocycles. The van der Waals surface area contributed by atoms with E-state index >= 15 is 0 Å². The summed E-state index contributed by atoms with van der Waals surface area (Å²) in [6, 6.07) is 5.82. The number of aryl methyl sites for hydroxylation is 1. The molecule has 0 radical (unpaired) electrons. The molecule has 0 atom stereocenters. The molecule has 0 saturated carbocycles. The minimum absolute atomic E-state index is 0.00435. The van der Waals surface area contributed by atoms with Crippen molar-refractivity contribution in [2.75, 3.05) is 0 Å². The molecule has 0 aliphatic heterocycles. The van der Waals surface area contributed by atoms with Gasteiger partial charge in [0, 0.05) is 24.3 Å². The lowest BCUT2D eigenvalue weighted by atomic mass is 10.3. The summed E-state index contributed by atoms with van der Waals surface area (Å²) in [5.74, 6) is 0.00435. The fourth-order valence-corrected chi connectivity index (χ4v) is 2.75. The van der Waals surface area contributed by atoms with E-state index in [0.717, 1.165) is 16.3 Å². The van der Waals surface area contributed by atoms with Crippen molar-refractivity contribution < 1.29 is 4.79 Å². The van der Waals surface area contributed by atoms with E-state index in [1.54, 1.807) is 34.6 Å². The highest BCUT2D eigenvalue weighted by atomic mass is 32.1. The van der Waals surface area contributed by atoms with E-state index in [4.69, 9.17) is 0 Å². The molecule has 1 amide bonds. The monoisotopic (exact) mass is 313 g/mol. The van der Waals surface area contributed by atoms with Crippen molar-refractivity contribution in [2.45, 2.75) is 13.0 Å². The summed E-state index contributed by atoms with van der Waals surface area (Å²) in [4.78, 5) is 21.2. The van der Waals surface area contributed by atoms with Crippen molar-refractivity contribution >= 4 is 17.2 Å². The molecular formula is C15H15N5OS. The Morgan fingerprint density at radius 2 is 2.27 bits per heavy atom. The van der Waals surface area contributed by atoms with Gasteiger partial charge in [-0.3, -0.25) is 19.4 Å². The number of carbonyl (C=O) groups excluding carboxylic acids is 1. The second kappa shape index (κ2) is 6.48. The van der Waals surface area contributed by atoms with Gasteiger partial charge in [-0.25, -0.2) is 0 Å². The van der Waals surface area contributed by atoms with Crippen LogP contribution in [0.5, 0.6) is 0 Å². The minimum Gasteiger partial charge on any atom is -0.350 e. The van der Waals surface area contributed by atoms with Gasteiger partial charge in [-0.05, 0) is 17.5 Å². The Balaban J connectivity index is 1.63. The maximum Gasteiger partial charge on any atom is 0.225 e. The van der Waals surface area contributed by atoms with Crippen molar-refractivity contribution in [1.29, 1.82) is 0 Å². The van der Waals surface area contributed by atoms with E-state index in [-0.39, 0.29) is 5.91 Å². The van der Waals surface area contributed by atoms with Crippen LogP contribution in [0.4, 0.5) is 0 Å². The van der Waals surface area contributed by atoms with Gasteiger partial charge in [0.15, 0.2) is 0 Å². The molecule has 3 aromatic rings. The third-order valence-electron chi connectivity index (χ3n) is 3.18. The van der Waals surface area contributed by atoms with Crippen LogP contribution in [0.2, 0.25) is 0 Å². The Hall–Kier alpha value is -2.54. The van der Waals surface area contributed by atoms with Gasteiger partial charge in [0.05, 0.1) is 24.9 Å². The van der Waals surface area contributed by atoms with Crippen molar-refractivity contribution in [1.82, 2.24) is 25.1 Å². The first-order chi connectivity index (χ1) is 10.7. The summed E-state index contributed by atoms with van der Waals surface area (Å²) < 4.78 is 1.75. The number of hydrogen-bond donors (Lipinski definition) is 1. The zero-order chi connectivity index (χ0) is 15.4. The van der Waals surface area contributed by atoms with E-state index in [1.807, 2.05) is 30.6 Å². The molecule has 0 aromatic carbocycles. The van der Waals surface area contributed by atoms with Gasteiger partial charge < -0.3 is 5.32 Å². The smallest absolute Gasteiger partial charge is 0.225 e. The summed E-state index contributed by atoms with van der Waals surface area (Å²) in [6.45, 7) is 0.438. The van der Waals surface area contributed by atoms with Gasteiger partial charge in [0.2, 0.25) is 5.91 Å². The Kier molecular flexibility index (Phi) is 4.24. The highest BCUT2D eigenvalue weighted by Crippen LogP contribution is 2.15.